The van der Waals surface area contributed by atoms with Crippen LogP contribution in [0.1, 0.15) is 0 Å². The van der Waals surface area contributed by atoms with Crippen LogP contribution in [0.3, 0.4) is 0 Å². The molecule has 40 valence electrons. The molecule has 0 aromatic rings. The van der Waals surface area contributed by atoms with Gasteiger partial charge in [0.2, 0.25) is 0 Å². The van der Waals surface area contributed by atoms with Crippen molar-refractivity contribution in [3.63, 3.8) is 0 Å². The summed E-state index contributed by atoms with van der Waals surface area (Å²) in [6.45, 7) is 5.64. The lowest BCUT2D eigenvalue weighted by Crippen LogP contribution is -1.93. The van der Waals surface area contributed by atoms with Crippen molar-refractivity contribution < 1.29 is 4.80 Å². The molecule has 0 saturated heterocycles. The summed E-state index contributed by atoms with van der Waals surface area (Å²) in [5.74, 6) is 0. The van der Waals surface area contributed by atoms with Crippen molar-refractivity contribution in [3.8, 4) is 0 Å². The summed E-state index contributed by atoms with van der Waals surface area (Å²) in [4.78, 5) is 8.19. The summed E-state index contributed by atoms with van der Waals surface area (Å²) < 4.78 is 0. The normalized spacial score (nSPS) is 7.00. The predicted molar refractivity (Wildman–Crippen MR) is 36.7 cm³/mol. The van der Waals surface area contributed by atoms with Gasteiger partial charge in [-0.3, -0.25) is 0 Å². The highest BCUT2D eigenvalue weighted by molar-refractivity contribution is 7.15. The van der Waals surface area contributed by atoms with Crippen molar-refractivity contribution in [1.82, 2.24) is 0 Å². The van der Waals surface area contributed by atoms with Gasteiger partial charge in [-0.15, -0.1) is 9.24 Å². The Morgan fingerprint density at radius 2 is 1.33 bits per heavy atom. The topological polar surface area (TPSA) is 20.2 Å². The third-order valence-electron chi connectivity index (χ3n) is 0. The highest BCUT2D eigenvalue weighted by Gasteiger charge is 1.74. The van der Waals surface area contributed by atoms with E-state index in [0.717, 1.165) is 0 Å². The van der Waals surface area contributed by atoms with E-state index in [4.69, 9.17) is 4.80 Å². The molecule has 1 N–H and O–H groups in total. The molecule has 0 saturated carbocycles. The van der Waals surface area contributed by atoms with Crippen LogP contribution in [-0.4, -0.2) is 20.5 Å². The summed E-state index contributed by atoms with van der Waals surface area (Å²) in [5.41, 5.74) is 0. The first kappa shape index (κ1) is 9.79. The standard InChI is InChI=1S/C2H8OSi.CH5P/c1-4(2)3;1-2/h3-4H,1-2H3;2H2,1H3. The molecule has 0 aliphatic rings. The van der Waals surface area contributed by atoms with E-state index >= 15 is 0 Å². The molecule has 0 aromatic carbocycles. The molecule has 0 aromatic heterocycles. The van der Waals surface area contributed by atoms with Crippen LogP contribution in [0.15, 0.2) is 0 Å². The van der Waals surface area contributed by atoms with Crippen molar-refractivity contribution in [2.75, 3.05) is 6.66 Å². The smallest absolute Gasteiger partial charge is 0.166 e. The molecule has 3 heteroatoms. The van der Waals surface area contributed by atoms with Crippen molar-refractivity contribution in [2.45, 2.75) is 13.1 Å². The average molecular weight is 124 g/mol. The van der Waals surface area contributed by atoms with Crippen LogP contribution in [0, 0.1) is 0 Å². The third-order valence-corrected chi connectivity index (χ3v) is 0. The van der Waals surface area contributed by atoms with E-state index in [1.165, 1.54) is 0 Å². The largest absolute Gasteiger partial charge is 0.435 e. The molecule has 0 heterocycles. The Kier molecular flexibility index (Phi) is 14.9. The quantitative estimate of drug-likeness (QED) is 0.367. The average Bonchev–Trinajstić information content (AvgIpc) is 1.41. The molecule has 0 amide bonds. The van der Waals surface area contributed by atoms with Gasteiger partial charge in [0.1, 0.15) is 0 Å². The van der Waals surface area contributed by atoms with Gasteiger partial charge in [0, 0.05) is 0 Å². The van der Waals surface area contributed by atoms with Crippen LogP contribution < -0.4 is 0 Å². The Morgan fingerprint density at radius 3 is 1.33 bits per heavy atom. The minimum atomic E-state index is -1.14. The first-order valence-corrected chi connectivity index (χ1v) is 5.97. The Balaban J connectivity index is 0. The molecule has 0 aliphatic heterocycles. The first-order chi connectivity index (χ1) is 2.73. The summed E-state index contributed by atoms with van der Waals surface area (Å²) in [6.07, 6.45) is 0. The van der Waals surface area contributed by atoms with E-state index in [1.807, 2.05) is 19.8 Å². The summed E-state index contributed by atoms with van der Waals surface area (Å²) in [7, 11) is 1.28. The van der Waals surface area contributed by atoms with Gasteiger partial charge >= 0.3 is 0 Å². The van der Waals surface area contributed by atoms with Crippen LogP contribution in [-0.2, 0) is 0 Å². The second kappa shape index (κ2) is 9.15. The fraction of sp³-hybridized carbons (Fsp3) is 1.00. The second-order valence-electron chi connectivity index (χ2n) is 1.09. The first-order valence-electron chi connectivity index (χ1n) is 1.99. The SMILES string of the molecule is CP.C[SiH](C)O. The van der Waals surface area contributed by atoms with Gasteiger partial charge in [-0.05, 0) is 13.1 Å². The molecule has 0 radical (unpaired) electrons. The zero-order chi connectivity index (χ0) is 5.58. The van der Waals surface area contributed by atoms with Gasteiger partial charge in [0.25, 0.3) is 0 Å². The maximum atomic E-state index is 8.19. The third kappa shape index (κ3) is 163. The minimum absolute atomic E-state index is 1.14. The molecule has 0 rings (SSSR count). The van der Waals surface area contributed by atoms with Gasteiger partial charge in [0.15, 0.2) is 9.04 Å². The highest BCUT2D eigenvalue weighted by Crippen LogP contribution is 1.60. The Labute approximate surface area is 43.7 Å². The number of rotatable bonds is 0. The molecule has 1 unspecified atom stereocenters. The molecule has 0 spiro atoms. The Hall–Kier alpha value is 0.607. The molecular formula is C3H13OPSi. The zero-order valence-corrected chi connectivity index (χ0v) is 6.91. The van der Waals surface area contributed by atoms with Crippen LogP contribution in [0.2, 0.25) is 13.1 Å². The Morgan fingerprint density at radius 1 is 1.33 bits per heavy atom. The van der Waals surface area contributed by atoms with Crippen LogP contribution >= 0.6 is 9.24 Å². The van der Waals surface area contributed by atoms with E-state index in [-0.39, 0.29) is 0 Å². The van der Waals surface area contributed by atoms with Crippen molar-refractivity contribution in [1.29, 1.82) is 0 Å². The lowest BCUT2D eigenvalue weighted by atomic mass is 11.9. The summed E-state index contributed by atoms with van der Waals surface area (Å²) in [6, 6.07) is 0. The van der Waals surface area contributed by atoms with E-state index in [1.54, 1.807) is 0 Å². The fourth-order valence-corrected chi connectivity index (χ4v) is 0. The van der Waals surface area contributed by atoms with E-state index < -0.39 is 9.04 Å². The second-order valence-corrected chi connectivity index (χ2v) is 3.28. The maximum Gasteiger partial charge on any atom is 0.166 e. The van der Waals surface area contributed by atoms with E-state index in [9.17, 15) is 0 Å². The monoisotopic (exact) mass is 124 g/mol. The van der Waals surface area contributed by atoms with Gasteiger partial charge in [-0.1, -0.05) is 6.66 Å². The number of hydrogen-bond acceptors (Lipinski definition) is 1. The molecule has 0 bridgehead atoms. The van der Waals surface area contributed by atoms with Crippen molar-refractivity contribution in [2.24, 2.45) is 0 Å². The molecule has 0 fully saturated rings. The van der Waals surface area contributed by atoms with Gasteiger partial charge in [0.05, 0.1) is 0 Å². The fourth-order valence-electron chi connectivity index (χ4n) is 0. The van der Waals surface area contributed by atoms with Gasteiger partial charge in [-0.25, -0.2) is 0 Å². The molecular weight excluding hydrogens is 111 g/mol. The summed E-state index contributed by atoms with van der Waals surface area (Å²) in [5, 5.41) is 0. The number of hydrogen-bond donors (Lipinski definition) is 1. The van der Waals surface area contributed by atoms with Gasteiger partial charge < -0.3 is 4.80 Å². The molecule has 0 aliphatic carbocycles. The minimum Gasteiger partial charge on any atom is -0.435 e. The zero-order valence-electron chi connectivity index (χ0n) is 4.60. The Bertz CT molecular complexity index is 15.5. The molecule has 1 nitrogen and oxygen atoms in total. The predicted octanol–water partition coefficient (Wildman–Crippen LogP) is 0.453. The van der Waals surface area contributed by atoms with Crippen molar-refractivity contribution in [3.05, 3.63) is 0 Å². The van der Waals surface area contributed by atoms with Crippen LogP contribution in [0.4, 0.5) is 0 Å². The van der Waals surface area contributed by atoms with E-state index in [2.05, 4.69) is 9.24 Å². The van der Waals surface area contributed by atoms with Crippen molar-refractivity contribution >= 4 is 18.3 Å². The van der Waals surface area contributed by atoms with Crippen LogP contribution in [0.5, 0.6) is 0 Å². The van der Waals surface area contributed by atoms with Crippen LogP contribution in [0.25, 0.3) is 0 Å². The lowest BCUT2D eigenvalue weighted by Gasteiger charge is -1.76. The lowest BCUT2D eigenvalue weighted by molar-refractivity contribution is 0.587. The van der Waals surface area contributed by atoms with Gasteiger partial charge in [-0.2, -0.15) is 0 Å². The molecule has 1 atom stereocenters. The highest BCUT2D eigenvalue weighted by atomic mass is 31.0. The molecule has 6 heavy (non-hydrogen) atoms. The summed E-state index contributed by atoms with van der Waals surface area (Å²) >= 11 is 0. The van der Waals surface area contributed by atoms with E-state index in [0.29, 0.717) is 0 Å². The maximum absolute atomic E-state index is 8.19.